The van der Waals surface area contributed by atoms with Gasteiger partial charge in [0.15, 0.2) is 0 Å². The summed E-state index contributed by atoms with van der Waals surface area (Å²) in [7, 11) is 0. The molecule has 0 radical (unpaired) electrons. The molecule has 0 aliphatic carbocycles. The molecule has 0 atom stereocenters. The average Bonchev–Trinajstić information content (AvgIpc) is 1.83. The van der Waals surface area contributed by atoms with Crippen molar-refractivity contribution in [3.63, 3.8) is 0 Å². The number of hydrogen-bond donors (Lipinski definition) is 2. The number of carbonyl (C=O) groups is 1. The van der Waals surface area contributed by atoms with E-state index in [0.717, 1.165) is 0 Å². The Bertz CT molecular complexity index is 76.4. The molecule has 0 amide bonds. The van der Waals surface area contributed by atoms with E-state index in [1.54, 1.807) is 0 Å². The second-order valence-electron chi connectivity index (χ2n) is 1.26. The van der Waals surface area contributed by atoms with Gasteiger partial charge in [0, 0.05) is 6.42 Å². The number of hydrogen-bond acceptors (Lipinski definition) is 3. The molecule has 0 aromatic rings. The molecule has 0 heterocycles. The van der Waals surface area contributed by atoms with Gasteiger partial charge in [0.25, 0.3) is 1.43 Å². The van der Waals surface area contributed by atoms with Crippen molar-refractivity contribution in [2.75, 3.05) is 6.54 Å². The largest absolute Gasteiger partial charge is 0.481 e. The predicted octanol–water partition coefficient (Wildman–Crippen LogP) is -0.190. The van der Waals surface area contributed by atoms with Gasteiger partial charge in [-0.3, -0.25) is 4.79 Å². The molecule has 0 saturated heterocycles. The van der Waals surface area contributed by atoms with Crippen LogP contribution in [0.5, 0.6) is 0 Å². The minimum absolute atomic E-state index is 0.250. The SMILES string of the molecule is [2H]OC(=O)CCCN. The van der Waals surface area contributed by atoms with Crippen molar-refractivity contribution < 1.29 is 9.90 Å². The zero-order chi connectivity index (χ0) is 6.41. The number of nitrogens with two attached hydrogens (primary N) is 1. The maximum Gasteiger partial charge on any atom is 0.303 e. The van der Waals surface area contributed by atoms with Crippen molar-refractivity contribution in [2.45, 2.75) is 12.8 Å². The van der Waals surface area contributed by atoms with Crippen LogP contribution in [0.1, 0.15) is 12.8 Å². The fraction of sp³-hybridized carbons (Fsp3) is 0.750. The molecule has 0 aliphatic rings. The van der Waals surface area contributed by atoms with Crippen molar-refractivity contribution in [3.8, 4) is 0 Å². The molecule has 0 bridgehead atoms. The van der Waals surface area contributed by atoms with Gasteiger partial charge in [0.2, 0.25) is 0 Å². The van der Waals surface area contributed by atoms with Crippen LogP contribution >= 0.6 is 0 Å². The first-order chi connectivity index (χ1) is 3.81. The van der Waals surface area contributed by atoms with Crippen molar-refractivity contribution in [2.24, 2.45) is 5.73 Å². The molecule has 42 valence electrons. The van der Waals surface area contributed by atoms with E-state index in [9.17, 15) is 4.79 Å². The Morgan fingerprint density at radius 2 is 2.71 bits per heavy atom. The van der Waals surface area contributed by atoms with E-state index in [1.807, 2.05) is 0 Å². The van der Waals surface area contributed by atoms with Crippen molar-refractivity contribution in [1.82, 2.24) is 0 Å². The molecule has 0 spiro atoms. The van der Waals surface area contributed by atoms with Crippen LogP contribution in [0.3, 0.4) is 0 Å². The third-order valence-corrected chi connectivity index (χ3v) is 0.585. The third kappa shape index (κ3) is 5.43. The summed E-state index contributed by atoms with van der Waals surface area (Å²) in [6.45, 7) is 0.467. The molecule has 0 rings (SSSR count). The summed E-state index contributed by atoms with van der Waals surface area (Å²) in [5, 5.41) is 3.61. The van der Waals surface area contributed by atoms with Crippen LogP contribution in [-0.4, -0.2) is 17.6 Å². The van der Waals surface area contributed by atoms with Crippen LogP contribution in [-0.2, 0) is 4.79 Å². The Hall–Kier alpha value is -0.570. The van der Waals surface area contributed by atoms with Crippen LogP contribution in [0.4, 0.5) is 0 Å². The number of carboxylic acids is 1. The Labute approximate surface area is 43.6 Å². The molecule has 0 fully saturated rings. The summed E-state index contributed by atoms with van der Waals surface area (Å²) in [6.07, 6.45) is 0.845. The van der Waals surface area contributed by atoms with Crippen LogP contribution < -0.4 is 5.73 Å². The van der Waals surface area contributed by atoms with Crippen LogP contribution in [0.15, 0.2) is 0 Å². The first kappa shape index (κ1) is 4.59. The van der Waals surface area contributed by atoms with Gasteiger partial charge in [-0.25, -0.2) is 0 Å². The molecule has 0 saturated carbocycles. The quantitative estimate of drug-likeness (QED) is 0.521. The monoisotopic (exact) mass is 104 g/mol. The Kier molecular flexibility index (Phi) is 2.37. The lowest BCUT2D eigenvalue weighted by atomic mass is 10.3. The molecule has 0 aliphatic heterocycles. The van der Waals surface area contributed by atoms with Gasteiger partial charge in [-0.05, 0) is 13.0 Å². The second kappa shape index (κ2) is 3.61. The normalized spacial score (nSPS) is 10.1. The van der Waals surface area contributed by atoms with E-state index in [4.69, 9.17) is 7.16 Å². The van der Waals surface area contributed by atoms with E-state index in [2.05, 4.69) is 5.11 Å². The van der Waals surface area contributed by atoms with Crippen molar-refractivity contribution in [3.05, 3.63) is 0 Å². The van der Waals surface area contributed by atoms with E-state index in [0.29, 0.717) is 13.0 Å². The summed E-state index contributed by atoms with van der Waals surface area (Å²) in [4.78, 5) is 10.1. The van der Waals surface area contributed by atoms with Crippen molar-refractivity contribution in [1.29, 1.82) is 1.43 Å². The van der Waals surface area contributed by atoms with E-state index < -0.39 is 5.97 Å². The Morgan fingerprint density at radius 3 is 3.14 bits per heavy atom. The molecule has 3 heteroatoms. The lowest BCUT2D eigenvalue weighted by molar-refractivity contribution is -0.137. The minimum atomic E-state index is -0.518. The highest BCUT2D eigenvalue weighted by molar-refractivity contribution is 5.66. The fourth-order valence-electron chi connectivity index (χ4n) is 0.246. The summed E-state index contributed by atoms with van der Waals surface area (Å²) in [6, 6.07) is 0. The highest BCUT2D eigenvalue weighted by atomic mass is 16.4. The fourth-order valence-corrected chi connectivity index (χ4v) is 0.246. The van der Waals surface area contributed by atoms with Gasteiger partial charge in [-0.1, -0.05) is 0 Å². The minimum Gasteiger partial charge on any atom is -0.481 e. The average molecular weight is 104 g/mol. The summed E-state index contributed by atoms with van der Waals surface area (Å²) < 4.78 is 6.10. The first-order valence-electron chi connectivity index (χ1n) is 2.58. The standard InChI is InChI=1S/C4H9NO2/c5-3-1-2-4(6)7/h1-3,5H2,(H,6,7)/i/hD. The zero-order valence-corrected chi connectivity index (χ0v) is 4.02. The third-order valence-electron chi connectivity index (χ3n) is 0.585. The molecule has 7 heavy (non-hydrogen) atoms. The van der Waals surface area contributed by atoms with Crippen LogP contribution in [0.25, 0.3) is 1.43 Å². The highest BCUT2D eigenvalue weighted by Gasteiger charge is 1.91. The molecule has 3 nitrogen and oxygen atoms in total. The summed E-state index contributed by atoms with van der Waals surface area (Å²) in [5.41, 5.74) is 5.06. The van der Waals surface area contributed by atoms with Crippen molar-refractivity contribution >= 4 is 5.97 Å². The number of aliphatic carboxylic acids is 1. The van der Waals surface area contributed by atoms with E-state index in [-0.39, 0.29) is 6.42 Å². The van der Waals surface area contributed by atoms with E-state index in [1.165, 1.54) is 0 Å². The lowest BCUT2D eigenvalue weighted by Gasteiger charge is -1.86. The van der Waals surface area contributed by atoms with Gasteiger partial charge < -0.3 is 10.8 Å². The van der Waals surface area contributed by atoms with Gasteiger partial charge in [0.05, 0.1) is 0 Å². The molecule has 0 unspecified atom stereocenters. The number of carboxylic acid groups (broad SMARTS) is 1. The maximum absolute atomic E-state index is 10.1. The lowest BCUT2D eigenvalue weighted by Crippen LogP contribution is -2.02. The van der Waals surface area contributed by atoms with Gasteiger partial charge in [-0.2, -0.15) is 0 Å². The molecule has 0 aromatic heterocycles. The Morgan fingerprint density at radius 1 is 2.00 bits per heavy atom. The van der Waals surface area contributed by atoms with E-state index >= 15 is 0 Å². The summed E-state index contributed by atoms with van der Waals surface area (Å²) in [5.74, 6) is -0.518. The first-order valence-corrected chi connectivity index (χ1v) is 2.17. The van der Waals surface area contributed by atoms with Crippen LogP contribution in [0.2, 0.25) is 0 Å². The second-order valence-corrected chi connectivity index (χ2v) is 1.26. The zero-order valence-electron chi connectivity index (χ0n) is 5.02. The maximum atomic E-state index is 10.1. The molecule has 0 aromatic carbocycles. The van der Waals surface area contributed by atoms with Gasteiger partial charge >= 0.3 is 5.97 Å². The molecule has 3 N–H and O–H groups in total. The smallest absolute Gasteiger partial charge is 0.303 e. The van der Waals surface area contributed by atoms with Gasteiger partial charge in [-0.15, -0.1) is 0 Å². The van der Waals surface area contributed by atoms with Gasteiger partial charge in [0.1, 0.15) is 0 Å². The topological polar surface area (TPSA) is 63.3 Å². The molecular weight excluding hydrogens is 94.0 g/mol. The number of rotatable bonds is 3. The highest BCUT2D eigenvalue weighted by Crippen LogP contribution is 1.82. The Balaban J connectivity index is 2.99. The van der Waals surface area contributed by atoms with Crippen LogP contribution in [0, 0.1) is 0 Å². The summed E-state index contributed by atoms with van der Waals surface area (Å²) >= 11 is 0. The predicted molar refractivity (Wildman–Crippen MR) is 25.9 cm³/mol. The molecular formula is C4H9NO2.